The highest BCUT2D eigenvalue weighted by molar-refractivity contribution is 7.92. The topological polar surface area (TPSA) is 74.8 Å². The van der Waals surface area contributed by atoms with Gasteiger partial charge in [-0.25, -0.2) is 8.42 Å². The lowest BCUT2D eigenvalue weighted by Crippen LogP contribution is -2.35. The van der Waals surface area contributed by atoms with E-state index in [2.05, 4.69) is 0 Å². The third-order valence-corrected chi connectivity index (χ3v) is 5.35. The molecule has 0 aliphatic rings. The molecule has 2 aromatic rings. The van der Waals surface area contributed by atoms with Crippen LogP contribution in [-0.2, 0) is 21.4 Å². The maximum Gasteiger partial charge on any atom is 0.232 e. The molecule has 0 saturated carbocycles. The van der Waals surface area contributed by atoms with Gasteiger partial charge < -0.3 is 4.90 Å². The number of hydrogen-bond acceptors (Lipinski definition) is 4. The minimum Gasteiger partial charge on any atom is -0.341 e. The molecule has 144 valence electrons. The summed E-state index contributed by atoms with van der Waals surface area (Å²) in [4.78, 5) is 25.6. The van der Waals surface area contributed by atoms with Crippen molar-refractivity contribution < 1.29 is 18.0 Å². The van der Waals surface area contributed by atoms with Gasteiger partial charge in [0.2, 0.25) is 15.9 Å². The molecule has 0 radical (unpaired) electrons. The van der Waals surface area contributed by atoms with Crippen molar-refractivity contribution in [1.29, 1.82) is 0 Å². The van der Waals surface area contributed by atoms with Crippen LogP contribution in [0.5, 0.6) is 0 Å². The quantitative estimate of drug-likeness (QED) is 0.652. The molecule has 6 nitrogen and oxygen atoms in total. The van der Waals surface area contributed by atoms with Gasteiger partial charge in [0, 0.05) is 32.1 Å². The highest BCUT2D eigenvalue weighted by atomic mass is 32.2. The molecule has 0 atom stereocenters. The van der Waals surface area contributed by atoms with Crippen LogP contribution in [0.3, 0.4) is 0 Å². The standard InChI is InChI=1S/C20H24N2O4S/c1-16(23)18-10-7-11-19(14-18)22(27(3,25)26)13-12-20(24)21(2)15-17-8-5-4-6-9-17/h4-11,14H,12-13,15H2,1-3H3. The van der Waals surface area contributed by atoms with E-state index in [9.17, 15) is 18.0 Å². The summed E-state index contributed by atoms with van der Waals surface area (Å²) in [7, 11) is -1.90. The third-order valence-electron chi connectivity index (χ3n) is 4.16. The Morgan fingerprint density at radius 1 is 1.00 bits per heavy atom. The van der Waals surface area contributed by atoms with Crippen LogP contribution in [-0.4, -0.2) is 44.9 Å². The Labute approximate surface area is 160 Å². The average molecular weight is 388 g/mol. The summed E-state index contributed by atoms with van der Waals surface area (Å²) in [6, 6.07) is 16.0. The first-order valence-corrected chi connectivity index (χ1v) is 10.4. The molecule has 0 heterocycles. The summed E-state index contributed by atoms with van der Waals surface area (Å²) in [5.41, 5.74) is 1.81. The van der Waals surface area contributed by atoms with Crippen molar-refractivity contribution in [3.05, 3.63) is 65.7 Å². The number of anilines is 1. The van der Waals surface area contributed by atoms with Crippen LogP contribution in [0, 0.1) is 0 Å². The van der Waals surface area contributed by atoms with Crippen molar-refractivity contribution in [1.82, 2.24) is 4.90 Å². The first-order valence-electron chi connectivity index (χ1n) is 8.55. The first kappa shape index (κ1) is 20.6. The summed E-state index contributed by atoms with van der Waals surface area (Å²) in [5.74, 6) is -0.306. The van der Waals surface area contributed by atoms with Crippen molar-refractivity contribution in [3.8, 4) is 0 Å². The Balaban J connectivity index is 2.10. The van der Waals surface area contributed by atoms with Crippen LogP contribution in [0.1, 0.15) is 29.3 Å². The fraction of sp³-hybridized carbons (Fsp3) is 0.300. The number of carbonyl (C=O) groups is 2. The molecule has 0 N–H and O–H groups in total. The van der Waals surface area contributed by atoms with Crippen molar-refractivity contribution >= 4 is 27.4 Å². The molecule has 2 aromatic carbocycles. The molecule has 0 bridgehead atoms. The maximum atomic E-state index is 12.4. The van der Waals surface area contributed by atoms with Crippen LogP contribution in [0.15, 0.2) is 54.6 Å². The predicted molar refractivity (Wildman–Crippen MR) is 106 cm³/mol. The van der Waals surface area contributed by atoms with E-state index in [1.807, 2.05) is 30.3 Å². The number of amides is 1. The van der Waals surface area contributed by atoms with E-state index < -0.39 is 10.0 Å². The van der Waals surface area contributed by atoms with Gasteiger partial charge in [0.1, 0.15) is 0 Å². The van der Waals surface area contributed by atoms with Crippen LogP contribution < -0.4 is 4.31 Å². The van der Waals surface area contributed by atoms with Crippen molar-refractivity contribution in [3.63, 3.8) is 0 Å². The normalized spacial score (nSPS) is 11.1. The molecule has 27 heavy (non-hydrogen) atoms. The van der Waals surface area contributed by atoms with E-state index in [1.165, 1.54) is 13.0 Å². The highest BCUT2D eigenvalue weighted by Crippen LogP contribution is 2.20. The van der Waals surface area contributed by atoms with Crippen molar-refractivity contribution in [2.75, 3.05) is 24.2 Å². The van der Waals surface area contributed by atoms with Crippen molar-refractivity contribution in [2.45, 2.75) is 19.9 Å². The fourth-order valence-electron chi connectivity index (χ4n) is 2.70. The van der Waals surface area contributed by atoms with Gasteiger partial charge in [0.25, 0.3) is 0 Å². The molecule has 0 spiro atoms. The monoisotopic (exact) mass is 388 g/mol. The summed E-state index contributed by atoms with van der Waals surface area (Å²) in [5, 5.41) is 0. The number of carbonyl (C=O) groups excluding carboxylic acids is 2. The summed E-state index contributed by atoms with van der Waals surface area (Å²) < 4.78 is 25.6. The molecular weight excluding hydrogens is 364 g/mol. The van der Waals surface area contributed by atoms with Crippen LogP contribution >= 0.6 is 0 Å². The molecular formula is C20H24N2O4S. The second-order valence-corrected chi connectivity index (χ2v) is 8.33. The van der Waals surface area contributed by atoms with Gasteiger partial charge in [-0.2, -0.15) is 0 Å². The molecule has 7 heteroatoms. The zero-order valence-corrected chi connectivity index (χ0v) is 16.6. The van der Waals surface area contributed by atoms with Gasteiger partial charge in [-0.15, -0.1) is 0 Å². The van der Waals surface area contributed by atoms with E-state index in [4.69, 9.17) is 0 Å². The second kappa shape index (κ2) is 8.81. The maximum absolute atomic E-state index is 12.4. The molecule has 0 aromatic heterocycles. The van der Waals surface area contributed by atoms with Gasteiger partial charge in [-0.1, -0.05) is 42.5 Å². The lowest BCUT2D eigenvalue weighted by atomic mass is 10.1. The Kier molecular flexibility index (Phi) is 6.74. The predicted octanol–water partition coefficient (Wildman–Crippen LogP) is 2.70. The van der Waals surface area contributed by atoms with E-state index in [0.29, 0.717) is 17.8 Å². The molecule has 1 amide bonds. The molecule has 0 fully saturated rings. The van der Waals surface area contributed by atoms with Gasteiger partial charge in [0.05, 0.1) is 11.9 Å². The number of nitrogens with zero attached hydrogens (tertiary/aromatic N) is 2. The summed E-state index contributed by atoms with van der Waals surface area (Å²) in [6.07, 6.45) is 1.13. The third kappa shape index (κ3) is 5.92. The van der Waals surface area contributed by atoms with Gasteiger partial charge in [-0.3, -0.25) is 13.9 Å². The average Bonchev–Trinajstić information content (AvgIpc) is 2.61. The van der Waals surface area contributed by atoms with Gasteiger partial charge in [-0.05, 0) is 24.6 Å². The zero-order chi connectivity index (χ0) is 20.0. The van der Waals surface area contributed by atoms with Gasteiger partial charge >= 0.3 is 0 Å². The fourth-order valence-corrected chi connectivity index (χ4v) is 3.62. The first-order chi connectivity index (χ1) is 12.7. The number of rotatable bonds is 8. The highest BCUT2D eigenvalue weighted by Gasteiger charge is 2.20. The number of sulfonamides is 1. The van der Waals surface area contributed by atoms with Gasteiger partial charge in [0.15, 0.2) is 5.78 Å². The van der Waals surface area contributed by atoms with E-state index in [0.717, 1.165) is 16.1 Å². The van der Waals surface area contributed by atoms with E-state index in [-0.39, 0.29) is 24.7 Å². The molecule has 0 aliphatic heterocycles. The Hall–Kier alpha value is -2.67. The Morgan fingerprint density at radius 2 is 1.67 bits per heavy atom. The number of hydrogen-bond donors (Lipinski definition) is 0. The number of benzene rings is 2. The smallest absolute Gasteiger partial charge is 0.232 e. The Bertz CT molecular complexity index is 911. The van der Waals surface area contributed by atoms with Crippen LogP contribution in [0.2, 0.25) is 0 Å². The number of ketones is 1. The minimum absolute atomic E-state index is 0.0121. The zero-order valence-electron chi connectivity index (χ0n) is 15.8. The van der Waals surface area contributed by atoms with E-state index >= 15 is 0 Å². The van der Waals surface area contributed by atoms with Crippen LogP contribution in [0.25, 0.3) is 0 Å². The second-order valence-electron chi connectivity index (χ2n) is 6.43. The minimum atomic E-state index is -3.59. The van der Waals surface area contributed by atoms with Crippen LogP contribution in [0.4, 0.5) is 5.69 Å². The Morgan fingerprint density at radius 3 is 2.26 bits per heavy atom. The molecule has 2 rings (SSSR count). The van der Waals surface area contributed by atoms with Crippen molar-refractivity contribution in [2.24, 2.45) is 0 Å². The summed E-state index contributed by atoms with van der Waals surface area (Å²) >= 11 is 0. The lowest BCUT2D eigenvalue weighted by Gasteiger charge is -2.24. The number of Topliss-reactive ketones (excluding diaryl/α,β-unsaturated/α-hetero) is 1. The molecule has 0 aliphatic carbocycles. The lowest BCUT2D eigenvalue weighted by molar-refractivity contribution is -0.130. The SMILES string of the molecule is CC(=O)c1cccc(N(CCC(=O)N(C)Cc2ccccc2)S(C)(=O)=O)c1. The largest absolute Gasteiger partial charge is 0.341 e. The molecule has 0 unspecified atom stereocenters. The summed E-state index contributed by atoms with van der Waals surface area (Å²) in [6.45, 7) is 1.89. The van der Waals surface area contributed by atoms with E-state index in [1.54, 1.807) is 30.1 Å². The molecule has 0 saturated heterocycles.